The van der Waals surface area contributed by atoms with Crippen molar-refractivity contribution in [2.45, 2.75) is 18.9 Å². The van der Waals surface area contributed by atoms with Crippen molar-refractivity contribution in [2.24, 2.45) is 4.99 Å². The number of furan rings is 2. The molecular formula is C56H36N2O2S. The lowest BCUT2D eigenvalue weighted by atomic mass is 9.82. The number of nitrogens with zero attached hydrogens (tertiary/aromatic N) is 2. The van der Waals surface area contributed by atoms with E-state index in [-0.39, 0.29) is 12.0 Å². The van der Waals surface area contributed by atoms with Gasteiger partial charge in [-0.2, -0.15) is 0 Å². The third kappa shape index (κ3) is 5.34. The first-order chi connectivity index (χ1) is 30.1. The maximum atomic E-state index is 7.09. The predicted octanol–water partition coefficient (Wildman–Crippen LogP) is 16.2. The zero-order valence-electron chi connectivity index (χ0n) is 33.2. The van der Waals surface area contributed by atoms with E-state index < -0.39 is 0 Å². The molecule has 61 heavy (non-hydrogen) atoms. The van der Waals surface area contributed by atoms with Crippen LogP contribution in [0.3, 0.4) is 0 Å². The molecule has 2 atom stereocenters. The number of hydrogen-bond donors (Lipinski definition) is 0. The smallest absolute Gasteiger partial charge is 0.140 e. The van der Waals surface area contributed by atoms with Crippen molar-refractivity contribution < 1.29 is 8.83 Å². The maximum absolute atomic E-state index is 7.09. The summed E-state index contributed by atoms with van der Waals surface area (Å²) in [4.78, 5) is 9.46. The van der Waals surface area contributed by atoms with Crippen LogP contribution in [0.5, 0.6) is 0 Å². The quantitative estimate of drug-likeness (QED) is 0.174. The van der Waals surface area contributed by atoms with Crippen LogP contribution in [0.25, 0.3) is 75.5 Å². The second-order valence-electron chi connectivity index (χ2n) is 16.3. The highest BCUT2D eigenvalue weighted by Crippen LogP contribution is 2.51. The van der Waals surface area contributed by atoms with E-state index >= 15 is 0 Å². The van der Waals surface area contributed by atoms with Crippen LogP contribution in [-0.4, -0.2) is 5.71 Å². The number of rotatable bonds is 5. The molecule has 13 rings (SSSR count). The molecule has 0 saturated carbocycles. The Balaban J connectivity index is 1.10. The van der Waals surface area contributed by atoms with Crippen molar-refractivity contribution in [2.75, 3.05) is 4.90 Å². The van der Waals surface area contributed by atoms with E-state index in [1.807, 2.05) is 23.5 Å². The summed E-state index contributed by atoms with van der Waals surface area (Å²) < 4.78 is 14.9. The Morgan fingerprint density at radius 2 is 1.16 bits per heavy atom. The van der Waals surface area contributed by atoms with Crippen LogP contribution in [0.4, 0.5) is 17.1 Å². The molecule has 4 heterocycles. The molecule has 0 fully saturated rings. The summed E-state index contributed by atoms with van der Waals surface area (Å²) in [7, 11) is 0. The fourth-order valence-electron chi connectivity index (χ4n) is 9.84. The summed E-state index contributed by atoms with van der Waals surface area (Å²) in [6.45, 7) is 2.35. The molecule has 4 nitrogen and oxygen atoms in total. The van der Waals surface area contributed by atoms with E-state index in [0.29, 0.717) is 0 Å². The second-order valence-corrected chi connectivity index (χ2v) is 17.3. The van der Waals surface area contributed by atoms with Crippen molar-refractivity contribution in [3.05, 3.63) is 210 Å². The molecular weight excluding hydrogens is 765 g/mol. The van der Waals surface area contributed by atoms with Crippen molar-refractivity contribution in [3.8, 4) is 0 Å². The van der Waals surface area contributed by atoms with Crippen LogP contribution in [-0.2, 0) is 0 Å². The average Bonchev–Trinajstić information content (AvgIpc) is 4.00. The van der Waals surface area contributed by atoms with Gasteiger partial charge in [-0.15, -0.1) is 11.3 Å². The predicted molar refractivity (Wildman–Crippen MR) is 256 cm³/mol. The van der Waals surface area contributed by atoms with Crippen LogP contribution in [0.2, 0.25) is 0 Å². The summed E-state index contributed by atoms with van der Waals surface area (Å²) >= 11 is 1.85. The standard InChI is InChI=1S/C56H36N2O2S/c1-33-52-44-20-10-12-22-51(44)61-56(52)54(38-24-23-34-13-5-6-14-35(34)27-38)57-53(33)47-31-41(30-46-45-28-36-15-7-8-16-37(36)29-49(45)60-55(46)47)58(39-17-3-2-4-18-39)40-25-26-43-42-19-9-11-21-48(42)59-50(43)32-40/h2-33,53H,1H3/t33-,53?/m1/s1. The Morgan fingerprint density at radius 3 is 2.02 bits per heavy atom. The van der Waals surface area contributed by atoms with Gasteiger partial charge in [0.05, 0.1) is 16.6 Å². The minimum Gasteiger partial charge on any atom is -0.456 e. The Labute approximate surface area is 355 Å². The number of hydrogen-bond acceptors (Lipinski definition) is 5. The molecule has 0 amide bonds. The first-order valence-corrected chi connectivity index (χ1v) is 21.7. The maximum Gasteiger partial charge on any atom is 0.140 e. The fourth-order valence-corrected chi connectivity index (χ4v) is 11.2. The second kappa shape index (κ2) is 13.3. The zero-order valence-corrected chi connectivity index (χ0v) is 34.0. The van der Waals surface area contributed by atoms with Gasteiger partial charge in [-0.1, -0.05) is 122 Å². The molecule has 0 spiro atoms. The van der Waals surface area contributed by atoms with Crippen LogP contribution in [0.15, 0.2) is 202 Å². The van der Waals surface area contributed by atoms with Gasteiger partial charge in [0, 0.05) is 66.4 Å². The molecule has 12 aromatic rings. The lowest BCUT2D eigenvalue weighted by Gasteiger charge is -2.30. The number of anilines is 3. The van der Waals surface area contributed by atoms with Gasteiger partial charge in [-0.3, -0.25) is 4.99 Å². The molecule has 1 aliphatic heterocycles. The molecule has 288 valence electrons. The van der Waals surface area contributed by atoms with Crippen LogP contribution >= 0.6 is 11.3 Å². The van der Waals surface area contributed by atoms with Gasteiger partial charge in [0.2, 0.25) is 0 Å². The summed E-state index contributed by atoms with van der Waals surface area (Å²) in [6.07, 6.45) is 0. The van der Waals surface area contributed by atoms with Gasteiger partial charge in [0.15, 0.2) is 0 Å². The molecule has 1 unspecified atom stereocenters. The molecule has 0 N–H and O–H groups in total. The minimum absolute atomic E-state index is 0.0539. The Morgan fingerprint density at radius 1 is 0.475 bits per heavy atom. The van der Waals surface area contributed by atoms with E-state index in [2.05, 4.69) is 188 Å². The zero-order chi connectivity index (χ0) is 40.2. The van der Waals surface area contributed by atoms with E-state index in [1.165, 1.54) is 36.7 Å². The van der Waals surface area contributed by atoms with Crippen LogP contribution in [0, 0.1) is 0 Å². The summed E-state index contributed by atoms with van der Waals surface area (Å²) in [5.74, 6) is 0.0539. The van der Waals surface area contributed by atoms with Gasteiger partial charge in [-0.05, 0) is 99.2 Å². The van der Waals surface area contributed by atoms with Gasteiger partial charge in [0.1, 0.15) is 22.3 Å². The molecule has 1 aliphatic rings. The van der Waals surface area contributed by atoms with Crippen molar-refractivity contribution >= 4 is 110 Å². The van der Waals surface area contributed by atoms with Gasteiger partial charge in [-0.25, -0.2) is 0 Å². The minimum atomic E-state index is -0.250. The van der Waals surface area contributed by atoms with Crippen molar-refractivity contribution in [1.82, 2.24) is 0 Å². The number of fused-ring (bicyclic) bond motifs is 11. The molecule has 0 bridgehead atoms. The number of aliphatic imine (C=N–C) groups is 1. The van der Waals surface area contributed by atoms with Gasteiger partial charge >= 0.3 is 0 Å². The molecule has 5 heteroatoms. The summed E-state index contributed by atoms with van der Waals surface area (Å²) in [5.41, 5.74) is 11.1. The Kier molecular flexibility index (Phi) is 7.48. The summed E-state index contributed by atoms with van der Waals surface area (Å²) in [5, 5.41) is 10.4. The molecule has 3 aromatic heterocycles. The lowest BCUT2D eigenvalue weighted by Crippen LogP contribution is -2.19. The highest BCUT2D eigenvalue weighted by molar-refractivity contribution is 7.21. The first-order valence-electron chi connectivity index (χ1n) is 20.9. The highest BCUT2D eigenvalue weighted by Gasteiger charge is 2.36. The number of thiophene rings is 1. The number of benzene rings is 9. The van der Waals surface area contributed by atoms with Crippen LogP contribution in [0.1, 0.15) is 40.5 Å². The lowest BCUT2D eigenvalue weighted by molar-refractivity contribution is 0.582. The topological polar surface area (TPSA) is 41.9 Å². The van der Waals surface area contributed by atoms with E-state index in [9.17, 15) is 0 Å². The van der Waals surface area contributed by atoms with E-state index in [4.69, 9.17) is 13.8 Å². The average molecular weight is 801 g/mol. The third-order valence-corrected chi connectivity index (χ3v) is 13.9. The van der Waals surface area contributed by atoms with E-state index in [1.54, 1.807) is 0 Å². The van der Waals surface area contributed by atoms with Gasteiger partial charge in [0.25, 0.3) is 0 Å². The largest absolute Gasteiger partial charge is 0.456 e. The third-order valence-electron chi connectivity index (χ3n) is 12.7. The first kappa shape index (κ1) is 34.4. The Hall–Kier alpha value is -7.47. The molecule has 9 aromatic carbocycles. The fraction of sp³-hybridized carbons (Fsp3) is 0.0536. The van der Waals surface area contributed by atoms with E-state index in [0.717, 1.165) is 83.2 Å². The number of para-hydroxylation sites is 2. The highest BCUT2D eigenvalue weighted by atomic mass is 32.1. The molecule has 0 saturated heterocycles. The van der Waals surface area contributed by atoms with Gasteiger partial charge < -0.3 is 13.7 Å². The summed E-state index contributed by atoms with van der Waals surface area (Å²) in [6, 6.07) is 67.1. The molecule has 0 radical (unpaired) electrons. The monoisotopic (exact) mass is 800 g/mol. The normalized spacial score (nSPS) is 15.4. The van der Waals surface area contributed by atoms with Crippen molar-refractivity contribution in [1.29, 1.82) is 0 Å². The van der Waals surface area contributed by atoms with Crippen molar-refractivity contribution in [3.63, 3.8) is 0 Å². The Bertz CT molecular complexity index is 3760. The molecule has 0 aliphatic carbocycles. The van der Waals surface area contributed by atoms with Crippen LogP contribution < -0.4 is 4.90 Å². The SMILES string of the molecule is C[C@@H]1c2c(sc3ccccc23)C(c2ccc3ccccc3c2)=NC1c1cc(N(c2ccccc2)c2ccc3c(c2)oc2ccccc23)cc2c1oc1cc3ccccc3cc12.